The van der Waals surface area contributed by atoms with Crippen LogP contribution in [0.4, 0.5) is 5.95 Å². The molecule has 0 unspecified atom stereocenters. The molecule has 5 aromatic rings. The summed E-state index contributed by atoms with van der Waals surface area (Å²) in [7, 11) is 1.61. The van der Waals surface area contributed by atoms with Crippen molar-refractivity contribution in [1.29, 1.82) is 0 Å². The number of aromatic nitrogens is 7. The summed E-state index contributed by atoms with van der Waals surface area (Å²) in [5, 5.41) is 5.37. The molecule has 0 radical (unpaired) electrons. The second kappa shape index (κ2) is 8.26. The van der Waals surface area contributed by atoms with Gasteiger partial charge >= 0.3 is 0 Å². The third-order valence-corrected chi connectivity index (χ3v) is 5.57. The summed E-state index contributed by atoms with van der Waals surface area (Å²) < 4.78 is 6.89. The molecule has 9 nitrogen and oxygen atoms in total. The van der Waals surface area contributed by atoms with Gasteiger partial charge in [0, 0.05) is 49.2 Å². The second-order valence-electron chi connectivity index (χ2n) is 7.71. The predicted molar refractivity (Wildman–Crippen MR) is 126 cm³/mol. The molecule has 0 saturated heterocycles. The van der Waals surface area contributed by atoms with Gasteiger partial charge in [0.2, 0.25) is 11.8 Å². The van der Waals surface area contributed by atoms with Crippen LogP contribution >= 0.6 is 0 Å². The van der Waals surface area contributed by atoms with Crippen molar-refractivity contribution < 1.29 is 4.74 Å². The molecule has 6 rings (SSSR count). The topological polar surface area (TPSA) is 94.7 Å². The molecule has 4 aromatic heterocycles. The van der Waals surface area contributed by atoms with Crippen LogP contribution in [-0.4, -0.2) is 41.8 Å². The van der Waals surface area contributed by atoms with Gasteiger partial charge in [0.15, 0.2) is 5.82 Å². The van der Waals surface area contributed by atoms with Crippen molar-refractivity contribution in [3.63, 3.8) is 0 Å². The Hall–Kier alpha value is -4.84. The van der Waals surface area contributed by atoms with Crippen molar-refractivity contribution in [3.05, 3.63) is 84.1 Å². The van der Waals surface area contributed by atoms with Crippen LogP contribution in [-0.2, 0) is 13.1 Å². The zero-order valence-corrected chi connectivity index (χ0v) is 18.3. The van der Waals surface area contributed by atoms with E-state index in [-0.39, 0.29) is 0 Å². The Morgan fingerprint density at radius 2 is 1.79 bits per heavy atom. The van der Waals surface area contributed by atoms with Crippen LogP contribution in [0, 0.1) is 12.0 Å². The van der Waals surface area contributed by atoms with Crippen molar-refractivity contribution in [1.82, 2.24) is 34.7 Å². The Morgan fingerprint density at radius 1 is 0.912 bits per heavy atom. The third kappa shape index (κ3) is 3.67. The van der Waals surface area contributed by atoms with Gasteiger partial charge in [-0.3, -0.25) is 0 Å². The molecule has 1 aliphatic heterocycles. The molecule has 34 heavy (non-hydrogen) atoms. The van der Waals surface area contributed by atoms with E-state index >= 15 is 0 Å². The normalized spacial score (nSPS) is 12.3. The lowest BCUT2D eigenvalue weighted by atomic mass is 10.2. The maximum Gasteiger partial charge on any atom is 0.226 e. The number of ether oxygens (including phenoxy) is 1. The Labute approximate surface area is 195 Å². The van der Waals surface area contributed by atoms with E-state index in [1.807, 2.05) is 36.5 Å². The number of anilines is 1. The number of benzene rings is 1. The summed E-state index contributed by atoms with van der Waals surface area (Å²) in [5.74, 6) is 4.76. The number of pyridine rings is 1. The zero-order chi connectivity index (χ0) is 22.9. The fraction of sp³-hybridized carbons (Fsp3) is 0.120. The molecule has 0 N–H and O–H groups in total. The highest BCUT2D eigenvalue weighted by Gasteiger charge is 2.22. The number of nitrogens with zero attached hydrogens (tertiary/aromatic N) is 8. The van der Waals surface area contributed by atoms with E-state index in [9.17, 15) is 0 Å². The minimum absolute atomic E-state index is 0.487. The van der Waals surface area contributed by atoms with E-state index in [1.54, 1.807) is 42.5 Å². The molecule has 0 amide bonds. The van der Waals surface area contributed by atoms with Crippen LogP contribution in [0.1, 0.15) is 16.8 Å². The van der Waals surface area contributed by atoms with Gasteiger partial charge in [0.05, 0.1) is 18.8 Å². The van der Waals surface area contributed by atoms with Crippen molar-refractivity contribution in [2.45, 2.75) is 13.1 Å². The molecular weight excluding hydrogens is 428 g/mol. The average Bonchev–Trinajstić information content (AvgIpc) is 3.51. The van der Waals surface area contributed by atoms with E-state index in [1.165, 1.54) is 0 Å². The lowest BCUT2D eigenvalue weighted by molar-refractivity contribution is 0.397. The number of fused-ring (bicyclic) bond motifs is 2. The monoisotopic (exact) mass is 446 g/mol. The Morgan fingerprint density at radius 3 is 2.74 bits per heavy atom. The Bertz CT molecular complexity index is 1580. The fourth-order valence-electron chi connectivity index (χ4n) is 3.86. The van der Waals surface area contributed by atoms with E-state index in [4.69, 9.17) is 9.72 Å². The standard InChI is InChI=1S/C25H18N8O/c1-34-23-12-18-15-32(16-19(18)13-28-23)25-27-10-7-21(31-25)24-26-9-6-20(30-24)8-11-33-22-5-3-2-4-17(22)14-29-33/h2-7,9-10,12-14H,15-16H2,1H3. The molecule has 1 aliphatic rings. The quantitative estimate of drug-likeness (QED) is 0.390. The van der Waals surface area contributed by atoms with Crippen LogP contribution in [0.25, 0.3) is 22.4 Å². The molecule has 0 spiro atoms. The van der Waals surface area contributed by atoms with Crippen molar-refractivity contribution >= 4 is 16.9 Å². The van der Waals surface area contributed by atoms with Gasteiger partial charge in [0.25, 0.3) is 0 Å². The number of rotatable bonds is 3. The third-order valence-electron chi connectivity index (χ3n) is 5.57. The van der Waals surface area contributed by atoms with Crippen LogP contribution in [0.15, 0.2) is 67.3 Å². The first-order valence-corrected chi connectivity index (χ1v) is 10.6. The summed E-state index contributed by atoms with van der Waals surface area (Å²) in [6.07, 6.45) is 7.03. The minimum Gasteiger partial charge on any atom is -0.481 e. The highest BCUT2D eigenvalue weighted by molar-refractivity contribution is 5.79. The number of methoxy groups -OCH3 is 1. The minimum atomic E-state index is 0.487. The van der Waals surface area contributed by atoms with Crippen molar-refractivity contribution in [3.8, 4) is 29.4 Å². The summed E-state index contributed by atoms with van der Waals surface area (Å²) >= 11 is 0. The fourth-order valence-corrected chi connectivity index (χ4v) is 3.86. The molecule has 5 heterocycles. The molecule has 0 atom stereocenters. The Balaban J connectivity index is 1.26. The average molecular weight is 446 g/mol. The smallest absolute Gasteiger partial charge is 0.226 e. The number of para-hydroxylation sites is 1. The molecule has 0 bridgehead atoms. The predicted octanol–water partition coefficient (Wildman–Crippen LogP) is 3.06. The van der Waals surface area contributed by atoms with Gasteiger partial charge in [-0.15, -0.1) is 0 Å². The van der Waals surface area contributed by atoms with E-state index in [0.717, 1.165) is 22.0 Å². The van der Waals surface area contributed by atoms with Gasteiger partial charge in [0.1, 0.15) is 11.4 Å². The molecule has 164 valence electrons. The van der Waals surface area contributed by atoms with Gasteiger partial charge < -0.3 is 9.64 Å². The van der Waals surface area contributed by atoms with Gasteiger partial charge in [-0.25, -0.2) is 24.9 Å². The molecule has 0 fully saturated rings. The van der Waals surface area contributed by atoms with Crippen molar-refractivity contribution in [2.75, 3.05) is 12.0 Å². The van der Waals surface area contributed by atoms with Crippen molar-refractivity contribution in [2.24, 2.45) is 0 Å². The summed E-state index contributed by atoms with van der Waals surface area (Å²) in [6.45, 7) is 1.36. The molecule has 0 saturated carbocycles. The maximum atomic E-state index is 5.24. The van der Waals surface area contributed by atoms with E-state index in [0.29, 0.717) is 42.1 Å². The summed E-state index contributed by atoms with van der Waals surface area (Å²) in [6, 6.07) is 16.5. The van der Waals surface area contributed by atoms with Crippen LogP contribution in [0.2, 0.25) is 0 Å². The lowest BCUT2D eigenvalue weighted by Crippen LogP contribution is -2.17. The lowest BCUT2D eigenvalue weighted by Gasteiger charge is -2.15. The second-order valence-corrected chi connectivity index (χ2v) is 7.71. The molecule has 9 heteroatoms. The largest absolute Gasteiger partial charge is 0.481 e. The first-order chi connectivity index (χ1) is 16.8. The Kier molecular flexibility index (Phi) is 4.81. The van der Waals surface area contributed by atoms with Gasteiger partial charge in [-0.05, 0) is 35.2 Å². The number of hydrogen-bond donors (Lipinski definition) is 0. The SMILES string of the molecule is COc1cc2c(cn1)CN(c1nccc(-c3nccc(C#Cn4ncc5ccccc54)n3)n1)C2. The first-order valence-electron chi connectivity index (χ1n) is 10.6. The first kappa shape index (κ1) is 19.8. The summed E-state index contributed by atoms with van der Waals surface area (Å²) in [5.41, 5.74) is 4.44. The van der Waals surface area contributed by atoms with Crippen LogP contribution < -0.4 is 9.64 Å². The van der Waals surface area contributed by atoms with Crippen LogP contribution in [0.3, 0.4) is 0 Å². The molecular formula is C25H18N8O. The van der Waals surface area contributed by atoms with Crippen LogP contribution in [0.5, 0.6) is 5.88 Å². The maximum absolute atomic E-state index is 5.24. The van der Waals surface area contributed by atoms with Gasteiger partial charge in [-0.2, -0.15) is 9.78 Å². The highest BCUT2D eigenvalue weighted by atomic mass is 16.5. The molecule has 0 aliphatic carbocycles. The number of hydrogen-bond acceptors (Lipinski definition) is 8. The van der Waals surface area contributed by atoms with E-state index < -0.39 is 0 Å². The van der Waals surface area contributed by atoms with E-state index in [2.05, 4.69) is 41.9 Å². The van der Waals surface area contributed by atoms with Gasteiger partial charge in [-0.1, -0.05) is 18.2 Å². The molecule has 1 aromatic carbocycles. The summed E-state index contributed by atoms with van der Waals surface area (Å²) in [4.78, 5) is 24.5. The highest BCUT2D eigenvalue weighted by Crippen LogP contribution is 2.28. The zero-order valence-electron chi connectivity index (χ0n) is 18.3.